The Bertz CT molecular complexity index is 646. The largest absolute Gasteiger partial charge is 0.437 e. The van der Waals surface area contributed by atoms with Crippen LogP contribution < -0.4 is 0 Å². The first-order valence-corrected chi connectivity index (χ1v) is 8.75. The van der Waals surface area contributed by atoms with E-state index in [4.69, 9.17) is 0 Å². The number of alkyl halides is 13. The lowest BCUT2D eigenvalue weighted by Gasteiger charge is -2.47. The van der Waals surface area contributed by atoms with Gasteiger partial charge in [-0.05, 0) is 39.5 Å². The van der Waals surface area contributed by atoms with E-state index >= 15 is 0 Å². The lowest BCUT2D eigenvalue weighted by Crippen LogP contribution is -2.67. The van der Waals surface area contributed by atoms with Crippen LogP contribution in [0.25, 0.3) is 0 Å². The molecule has 1 fully saturated rings. The first kappa shape index (κ1) is 28.6. The molecule has 1 rings (SSSR count). The number of aliphatic hydroxyl groups is 1. The molecule has 0 unspecified atom stereocenters. The summed E-state index contributed by atoms with van der Waals surface area (Å²) in [6.45, 7) is 0.576. The van der Waals surface area contributed by atoms with E-state index in [2.05, 4.69) is 4.74 Å². The zero-order chi connectivity index (χ0) is 25.8. The van der Waals surface area contributed by atoms with Crippen molar-refractivity contribution in [3.8, 4) is 0 Å². The van der Waals surface area contributed by atoms with Gasteiger partial charge in [0.15, 0.2) is 0 Å². The summed E-state index contributed by atoms with van der Waals surface area (Å²) in [7, 11) is 0. The normalized spacial score (nSPS) is 22.6. The van der Waals surface area contributed by atoms with Gasteiger partial charge in [0.1, 0.15) is 0 Å². The van der Waals surface area contributed by atoms with Gasteiger partial charge >= 0.3 is 36.3 Å². The standard InChI is InChI=1S/C16H17F13O3/c1-10(2,17)9(30)32-12(15(24,25)26,16(27,28)29)8-5-3-7(4-6-8)11(31,13(18,19)20)14(21,22)23/h7-8,31H,3-6H2,1-2H3. The lowest BCUT2D eigenvalue weighted by atomic mass is 9.67. The van der Waals surface area contributed by atoms with Crippen molar-refractivity contribution < 1.29 is 71.7 Å². The van der Waals surface area contributed by atoms with Crippen molar-refractivity contribution >= 4 is 5.97 Å². The average Bonchev–Trinajstić information content (AvgIpc) is 2.53. The van der Waals surface area contributed by atoms with E-state index < -0.39 is 85.1 Å². The number of carbonyl (C=O) groups is 1. The van der Waals surface area contributed by atoms with Gasteiger partial charge in [-0.3, -0.25) is 0 Å². The molecule has 1 saturated carbocycles. The minimum atomic E-state index is -6.45. The second-order valence-corrected chi connectivity index (χ2v) is 7.90. The van der Waals surface area contributed by atoms with Gasteiger partial charge in [0.05, 0.1) is 0 Å². The number of carbonyl (C=O) groups excluding carboxylic acids is 1. The molecule has 0 heterocycles. The van der Waals surface area contributed by atoms with Crippen LogP contribution >= 0.6 is 0 Å². The molecule has 0 atom stereocenters. The van der Waals surface area contributed by atoms with E-state index in [-0.39, 0.29) is 13.8 Å². The van der Waals surface area contributed by atoms with E-state index in [0.717, 1.165) is 0 Å². The summed E-state index contributed by atoms with van der Waals surface area (Å²) in [6.07, 6.45) is -31.9. The second-order valence-electron chi connectivity index (χ2n) is 7.90. The highest BCUT2D eigenvalue weighted by Gasteiger charge is 2.79. The maximum atomic E-state index is 13.6. The average molecular weight is 504 g/mol. The number of ether oxygens (including phenoxy) is 1. The van der Waals surface area contributed by atoms with Crippen LogP contribution in [0.4, 0.5) is 57.1 Å². The molecule has 0 saturated heterocycles. The number of hydrogen-bond acceptors (Lipinski definition) is 3. The van der Waals surface area contributed by atoms with Gasteiger partial charge in [-0.1, -0.05) is 0 Å². The Kier molecular flexibility index (Phi) is 7.21. The molecule has 32 heavy (non-hydrogen) atoms. The Morgan fingerprint density at radius 3 is 1.22 bits per heavy atom. The minimum absolute atomic E-state index is 0.288. The molecule has 0 spiro atoms. The molecular formula is C16H17F13O3. The van der Waals surface area contributed by atoms with Crippen LogP contribution in [0.15, 0.2) is 0 Å². The molecule has 0 aromatic heterocycles. The summed E-state index contributed by atoms with van der Waals surface area (Å²) < 4.78 is 176. The Labute approximate surface area is 171 Å². The van der Waals surface area contributed by atoms with Gasteiger partial charge in [0, 0.05) is 11.8 Å². The Morgan fingerprint density at radius 1 is 0.656 bits per heavy atom. The van der Waals surface area contributed by atoms with Crippen LogP contribution in [0.2, 0.25) is 0 Å². The van der Waals surface area contributed by atoms with E-state index in [1.54, 1.807) is 0 Å². The summed E-state index contributed by atoms with van der Waals surface area (Å²) in [4.78, 5) is 11.6. The zero-order valence-corrected chi connectivity index (χ0v) is 16.2. The van der Waals surface area contributed by atoms with Crippen molar-refractivity contribution in [1.82, 2.24) is 0 Å². The third-order valence-electron chi connectivity index (χ3n) is 5.34. The van der Waals surface area contributed by atoms with Crippen LogP contribution in [-0.4, -0.2) is 52.7 Å². The molecule has 0 aromatic rings. The predicted octanol–water partition coefficient (Wildman–Crippen LogP) is 5.80. The monoisotopic (exact) mass is 504 g/mol. The van der Waals surface area contributed by atoms with Crippen LogP contribution in [0.3, 0.4) is 0 Å². The van der Waals surface area contributed by atoms with Crippen molar-refractivity contribution in [2.24, 2.45) is 11.8 Å². The van der Waals surface area contributed by atoms with Crippen LogP contribution in [-0.2, 0) is 9.53 Å². The Balaban J connectivity index is 3.44. The molecule has 0 aromatic carbocycles. The molecular weight excluding hydrogens is 487 g/mol. The van der Waals surface area contributed by atoms with Crippen LogP contribution in [0.5, 0.6) is 0 Å². The van der Waals surface area contributed by atoms with Gasteiger partial charge < -0.3 is 9.84 Å². The molecule has 16 heteroatoms. The van der Waals surface area contributed by atoms with E-state index in [0.29, 0.717) is 0 Å². The lowest BCUT2D eigenvalue weighted by molar-refractivity contribution is -0.400. The summed E-state index contributed by atoms with van der Waals surface area (Å²) >= 11 is 0. The SMILES string of the molecule is CC(C)(F)C(=O)OC(C1CCC(C(O)(C(F)(F)F)C(F)(F)F)CC1)(C(F)(F)F)C(F)(F)F. The van der Waals surface area contributed by atoms with Gasteiger partial charge in [-0.25, -0.2) is 9.18 Å². The minimum Gasteiger partial charge on any atom is -0.437 e. The highest BCUT2D eigenvalue weighted by molar-refractivity contribution is 5.79. The number of esters is 1. The molecule has 0 bridgehead atoms. The van der Waals surface area contributed by atoms with E-state index in [1.165, 1.54) is 0 Å². The van der Waals surface area contributed by atoms with Crippen LogP contribution in [0, 0.1) is 11.8 Å². The molecule has 0 radical (unpaired) electrons. The Hall–Kier alpha value is -1.48. The third kappa shape index (κ3) is 4.74. The highest BCUT2D eigenvalue weighted by atomic mass is 19.4. The molecule has 1 aliphatic carbocycles. The van der Waals surface area contributed by atoms with Crippen molar-refractivity contribution in [3.63, 3.8) is 0 Å². The zero-order valence-electron chi connectivity index (χ0n) is 16.2. The molecule has 3 nitrogen and oxygen atoms in total. The fraction of sp³-hybridized carbons (Fsp3) is 0.938. The number of hydrogen-bond donors (Lipinski definition) is 1. The first-order valence-electron chi connectivity index (χ1n) is 8.75. The first-order chi connectivity index (χ1) is 13.8. The summed E-state index contributed by atoms with van der Waals surface area (Å²) in [5, 5.41) is 9.34. The topological polar surface area (TPSA) is 46.5 Å². The molecule has 190 valence electrons. The van der Waals surface area contributed by atoms with E-state index in [1.807, 2.05) is 0 Å². The summed E-state index contributed by atoms with van der Waals surface area (Å²) in [6, 6.07) is 0. The fourth-order valence-corrected chi connectivity index (χ4v) is 3.63. The summed E-state index contributed by atoms with van der Waals surface area (Å²) in [5.41, 5.74) is -14.1. The smallest absolute Gasteiger partial charge is 0.437 e. The van der Waals surface area contributed by atoms with Gasteiger partial charge in [0.2, 0.25) is 5.67 Å². The van der Waals surface area contributed by atoms with Gasteiger partial charge in [0.25, 0.3) is 5.60 Å². The predicted molar refractivity (Wildman–Crippen MR) is 78.6 cm³/mol. The summed E-state index contributed by atoms with van der Waals surface area (Å²) in [5.74, 6) is -8.31. The van der Waals surface area contributed by atoms with Crippen molar-refractivity contribution in [2.75, 3.05) is 0 Å². The van der Waals surface area contributed by atoms with Crippen molar-refractivity contribution in [1.29, 1.82) is 0 Å². The second kappa shape index (κ2) is 8.08. The molecule has 0 amide bonds. The Morgan fingerprint density at radius 2 is 0.969 bits per heavy atom. The molecule has 1 aliphatic rings. The van der Waals surface area contributed by atoms with Gasteiger partial charge in [-0.15, -0.1) is 0 Å². The highest BCUT2D eigenvalue weighted by Crippen LogP contribution is 2.58. The van der Waals surface area contributed by atoms with Gasteiger partial charge in [-0.2, -0.15) is 52.7 Å². The van der Waals surface area contributed by atoms with E-state index in [9.17, 15) is 67.0 Å². The fourth-order valence-electron chi connectivity index (χ4n) is 3.63. The van der Waals surface area contributed by atoms with Crippen LogP contribution in [0.1, 0.15) is 39.5 Å². The number of halogens is 13. The molecule has 1 N–H and O–H groups in total. The quantitative estimate of drug-likeness (QED) is 0.389. The number of rotatable bonds is 4. The maximum absolute atomic E-state index is 13.6. The third-order valence-corrected chi connectivity index (χ3v) is 5.34. The maximum Gasteiger partial charge on any atom is 0.437 e. The van der Waals surface area contributed by atoms with Crippen molar-refractivity contribution in [2.45, 2.75) is 81.1 Å². The van der Waals surface area contributed by atoms with Crippen molar-refractivity contribution in [3.05, 3.63) is 0 Å². The molecule has 0 aliphatic heterocycles.